The van der Waals surface area contributed by atoms with Gasteiger partial charge in [-0.3, -0.25) is 4.79 Å². The third-order valence-corrected chi connectivity index (χ3v) is 2.78. The summed E-state index contributed by atoms with van der Waals surface area (Å²) < 4.78 is 0. The molecule has 90 valence electrons. The van der Waals surface area contributed by atoms with Gasteiger partial charge in [0.05, 0.1) is 17.4 Å². The summed E-state index contributed by atoms with van der Waals surface area (Å²) in [5.41, 5.74) is 11.7. The van der Waals surface area contributed by atoms with Crippen LogP contribution in [0.5, 0.6) is 0 Å². The van der Waals surface area contributed by atoms with Crippen molar-refractivity contribution >= 4 is 17.4 Å². The van der Waals surface area contributed by atoms with E-state index >= 15 is 0 Å². The number of nitrogen functional groups attached to an aromatic ring is 1. The standard InChI is InChI=1S/C12H16N4O/c13-8-6-10(11(14)17)12(15-7-8)16-9-4-2-1-3-5-9/h1-2,6-7,9H,3-5,13H2,(H2,14,17)(H,15,16). The number of nitrogens with two attached hydrogens (primary N) is 2. The molecule has 5 N–H and O–H groups in total. The molecule has 1 unspecified atom stereocenters. The zero-order valence-electron chi connectivity index (χ0n) is 9.52. The predicted molar refractivity (Wildman–Crippen MR) is 67.6 cm³/mol. The lowest BCUT2D eigenvalue weighted by atomic mass is 10.0. The van der Waals surface area contributed by atoms with Crippen molar-refractivity contribution in [1.82, 2.24) is 4.98 Å². The molecular formula is C12H16N4O. The van der Waals surface area contributed by atoms with Crippen molar-refractivity contribution < 1.29 is 4.79 Å². The number of primary amides is 1. The first kappa shape index (κ1) is 11.4. The summed E-state index contributed by atoms with van der Waals surface area (Å²) in [6, 6.07) is 1.85. The van der Waals surface area contributed by atoms with E-state index in [2.05, 4.69) is 22.5 Å². The summed E-state index contributed by atoms with van der Waals surface area (Å²) in [4.78, 5) is 15.4. The highest BCUT2D eigenvalue weighted by atomic mass is 16.1. The average molecular weight is 232 g/mol. The molecule has 1 heterocycles. The van der Waals surface area contributed by atoms with Gasteiger partial charge in [-0.1, -0.05) is 12.2 Å². The Morgan fingerprint density at radius 1 is 1.47 bits per heavy atom. The fourth-order valence-electron chi connectivity index (χ4n) is 1.90. The van der Waals surface area contributed by atoms with E-state index in [1.54, 1.807) is 6.07 Å². The Morgan fingerprint density at radius 2 is 2.29 bits per heavy atom. The van der Waals surface area contributed by atoms with Crippen molar-refractivity contribution in [1.29, 1.82) is 0 Å². The SMILES string of the molecule is NC(=O)c1cc(N)cnc1NC1CC=CCC1. The predicted octanol–water partition coefficient (Wildman–Crippen LogP) is 1.28. The van der Waals surface area contributed by atoms with Crippen LogP contribution in [-0.2, 0) is 0 Å². The highest BCUT2D eigenvalue weighted by Crippen LogP contribution is 2.20. The molecule has 5 nitrogen and oxygen atoms in total. The largest absolute Gasteiger partial charge is 0.397 e. The minimum Gasteiger partial charge on any atom is -0.397 e. The summed E-state index contributed by atoms with van der Waals surface area (Å²) >= 11 is 0. The van der Waals surface area contributed by atoms with Gasteiger partial charge in [-0.15, -0.1) is 0 Å². The van der Waals surface area contributed by atoms with E-state index in [1.807, 2.05) is 0 Å². The zero-order valence-corrected chi connectivity index (χ0v) is 9.52. The van der Waals surface area contributed by atoms with E-state index in [4.69, 9.17) is 11.5 Å². The topological polar surface area (TPSA) is 94.0 Å². The second kappa shape index (κ2) is 4.86. The number of nitrogens with one attached hydrogen (secondary N) is 1. The molecule has 0 aliphatic heterocycles. The Labute approximate surface area is 99.9 Å². The van der Waals surface area contributed by atoms with Crippen molar-refractivity contribution in [3.8, 4) is 0 Å². The van der Waals surface area contributed by atoms with E-state index in [9.17, 15) is 4.79 Å². The van der Waals surface area contributed by atoms with Crippen LogP contribution in [-0.4, -0.2) is 16.9 Å². The molecule has 0 radical (unpaired) electrons. The first-order valence-corrected chi connectivity index (χ1v) is 5.63. The van der Waals surface area contributed by atoms with Crippen molar-refractivity contribution in [3.63, 3.8) is 0 Å². The van der Waals surface area contributed by atoms with Crippen LogP contribution in [0, 0.1) is 0 Å². The normalized spacial score (nSPS) is 18.9. The van der Waals surface area contributed by atoms with Crippen molar-refractivity contribution in [3.05, 3.63) is 30.0 Å². The van der Waals surface area contributed by atoms with Crippen LogP contribution in [0.3, 0.4) is 0 Å². The number of allylic oxidation sites excluding steroid dienone is 1. The Hall–Kier alpha value is -2.04. The van der Waals surface area contributed by atoms with Crippen LogP contribution in [0.1, 0.15) is 29.6 Å². The molecule has 17 heavy (non-hydrogen) atoms. The molecule has 2 rings (SSSR count). The van der Waals surface area contributed by atoms with E-state index in [0.29, 0.717) is 23.1 Å². The van der Waals surface area contributed by atoms with Gasteiger partial charge in [0.2, 0.25) is 0 Å². The second-order valence-corrected chi connectivity index (χ2v) is 4.15. The Kier molecular flexibility index (Phi) is 3.27. The van der Waals surface area contributed by atoms with Gasteiger partial charge in [0.25, 0.3) is 5.91 Å². The van der Waals surface area contributed by atoms with Crippen LogP contribution in [0.25, 0.3) is 0 Å². The molecule has 1 aliphatic carbocycles. The number of hydrogen-bond donors (Lipinski definition) is 3. The molecule has 0 spiro atoms. The summed E-state index contributed by atoms with van der Waals surface area (Å²) in [5.74, 6) is 0.00523. The van der Waals surface area contributed by atoms with Crippen molar-refractivity contribution in [2.75, 3.05) is 11.1 Å². The number of carbonyl (C=O) groups excluding carboxylic acids is 1. The fourth-order valence-corrected chi connectivity index (χ4v) is 1.90. The highest BCUT2D eigenvalue weighted by molar-refractivity contribution is 5.98. The number of nitrogens with zero attached hydrogens (tertiary/aromatic N) is 1. The Morgan fingerprint density at radius 3 is 2.94 bits per heavy atom. The highest BCUT2D eigenvalue weighted by Gasteiger charge is 2.15. The first-order valence-electron chi connectivity index (χ1n) is 5.63. The van der Waals surface area contributed by atoms with Crippen molar-refractivity contribution in [2.45, 2.75) is 25.3 Å². The van der Waals surface area contributed by atoms with E-state index in [0.717, 1.165) is 19.3 Å². The van der Waals surface area contributed by atoms with Gasteiger partial charge >= 0.3 is 0 Å². The van der Waals surface area contributed by atoms with Crippen LogP contribution in [0.15, 0.2) is 24.4 Å². The fraction of sp³-hybridized carbons (Fsp3) is 0.333. The number of rotatable bonds is 3. The molecule has 1 atom stereocenters. The molecule has 0 fully saturated rings. The summed E-state index contributed by atoms with van der Waals surface area (Å²) in [6.07, 6.45) is 8.81. The number of amides is 1. The molecule has 0 saturated heterocycles. The molecule has 0 aromatic carbocycles. The monoisotopic (exact) mass is 232 g/mol. The van der Waals surface area contributed by atoms with Gasteiger partial charge < -0.3 is 16.8 Å². The van der Waals surface area contributed by atoms with Gasteiger partial charge in [-0.25, -0.2) is 4.98 Å². The molecule has 0 bridgehead atoms. The number of hydrogen-bond acceptors (Lipinski definition) is 4. The lowest BCUT2D eigenvalue weighted by molar-refractivity contribution is 0.100. The lowest BCUT2D eigenvalue weighted by Gasteiger charge is -2.21. The van der Waals surface area contributed by atoms with Gasteiger partial charge in [-0.05, 0) is 25.3 Å². The van der Waals surface area contributed by atoms with Crippen LogP contribution >= 0.6 is 0 Å². The van der Waals surface area contributed by atoms with Gasteiger partial charge in [0, 0.05) is 6.04 Å². The third-order valence-electron chi connectivity index (χ3n) is 2.78. The number of carbonyl (C=O) groups is 1. The van der Waals surface area contributed by atoms with E-state index < -0.39 is 5.91 Å². The second-order valence-electron chi connectivity index (χ2n) is 4.15. The third kappa shape index (κ3) is 2.75. The smallest absolute Gasteiger partial charge is 0.252 e. The first-order chi connectivity index (χ1) is 8.16. The lowest BCUT2D eigenvalue weighted by Crippen LogP contribution is -2.24. The molecule has 1 aromatic heterocycles. The minimum atomic E-state index is -0.515. The Bertz CT molecular complexity index is 456. The molecule has 0 saturated carbocycles. The quantitative estimate of drug-likeness (QED) is 0.684. The van der Waals surface area contributed by atoms with Gasteiger partial charge in [0.15, 0.2) is 0 Å². The average Bonchev–Trinajstić information content (AvgIpc) is 2.32. The number of aromatic nitrogens is 1. The molecule has 1 aromatic rings. The maximum absolute atomic E-state index is 11.3. The minimum absolute atomic E-state index is 0.300. The number of pyridine rings is 1. The van der Waals surface area contributed by atoms with Crippen LogP contribution in [0.4, 0.5) is 11.5 Å². The maximum Gasteiger partial charge on any atom is 0.252 e. The number of anilines is 2. The summed E-state index contributed by atoms with van der Waals surface area (Å²) in [6.45, 7) is 0. The van der Waals surface area contributed by atoms with Crippen LogP contribution < -0.4 is 16.8 Å². The molecule has 1 aliphatic rings. The van der Waals surface area contributed by atoms with Gasteiger partial charge in [0.1, 0.15) is 5.82 Å². The maximum atomic E-state index is 11.3. The zero-order chi connectivity index (χ0) is 12.3. The van der Waals surface area contributed by atoms with Gasteiger partial charge in [-0.2, -0.15) is 0 Å². The summed E-state index contributed by atoms with van der Waals surface area (Å²) in [5, 5.41) is 3.24. The molecular weight excluding hydrogens is 216 g/mol. The van der Waals surface area contributed by atoms with E-state index in [-0.39, 0.29) is 0 Å². The Balaban J connectivity index is 2.19. The van der Waals surface area contributed by atoms with E-state index in [1.165, 1.54) is 6.20 Å². The molecule has 5 heteroatoms. The summed E-state index contributed by atoms with van der Waals surface area (Å²) in [7, 11) is 0. The molecule has 1 amide bonds. The van der Waals surface area contributed by atoms with Crippen molar-refractivity contribution in [2.24, 2.45) is 5.73 Å². The van der Waals surface area contributed by atoms with Crippen LogP contribution in [0.2, 0.25) is 0 Å².